The first-order valence-corrected chi connectivity index (χ1v) is 4.73. The first-order valence-electron chi connectivity index (χ1n) is 4.73. The van der Waals surface area contributed by atoms with Crippen LogP contribution in [0.3, 0.4) is 0 Å². The fourth-order valence-electron chi connectivity index (χ4n) is 2.12. The van der Waals surface area contributed by atoms with Gasteiger partial charge in [-0.3, -0.25) is 0 Å². The van der Waals surface area contributed by atoms with Gasteiger partial charge in [0.25, 0.3) is 0 Å². The molecule has 3 nitrogen and oxygen atoms in total. The summed E-state index contributed by atoms with van der Waals surface area (Å²) in [6.45, 7) is 4.53. The van der Waals surface area contributed by atoms with Crippen molar-refractivity contribution in [3.05, 3.63) is 17.5 Å². The molecule has 72 valence electrons. The Morgan fingerprint density at radius 1 is 1.62 bits per heavy atom. The van der Waals surface area contributed by atoms with Crippen molar-refractivity contribution in [1.82, 2.24) is 10.5 Å². The molecule has 1 N–H and O–H groups in total. The third kappa shape index (κ3) is 1.48. The van der Waals surface area contributed by atoms with E-state index in [2.05, 4.69) is 24.3 Å². The molecule has 1 aromatic rings. The molecule has 1 atom stereocenters. The van der Waals surface area contributed by atoms with Crippen LogP contribution in [0.15, 0.2) is 10.7 Å². The van der Waals surface area contributed by atoms with E-state index in [4.69, 9.17) is 4.52 Å². The molecular formula is C10H16N2O. The van der Waals surface area contributed by atoms with Crippen LogP contribution in [-0.4, -0.2) is 12.2 Å². The van der Waals surface area contributed by atoms with Crippen LogP contribution in [0.2, 0.25) is 0 Å². The predicted octanol–water partition coefficient (Wildman–Crippen LogP) is 1.91. The van der Waals surface area contributed by atoms with E-state index in [0.717, 1.165) is 18.6 Å². The second-order valence-corrected chi connectivity index (χ2v) is 4.59. The van der Waals surface area contributed by atoms with Gasteiger partial charge in [-0.15, -0.1) is 0 Å². The first-order chi connectivity index (χ1) is 6.12. The maximum Gasteiger partial charge on any atom is 0.142 e. The van der Waals surface area contributed by atoms with Crippen molar-refractivity contribution in [2.45, 2.75) is 32.7 Å². The van der Waals surface area contributed by atoms with E-state index in [-0.39, 0.29) is 0 Å². The smallest absolute Gasteiger partial charge is 0.142 e. The number of hydrogen-bond donors (Lipinski definition) is 1. The maximum absolute atomic E-state index is 5.23. The first kappa shape index (κ1) is 8.75. The molecule has 2 rings (SSSR count). The van der Waals surface area contributed by atoms with Gasteiger partial charge < -0.3 is 9.84 Å². The van der Waals surface area contributed by atoms with Crippen molar-refractivity contribution >= 4 is 0 Å². The lowest BCUT2D eigenvalue weighted by Gasteiger charge is -2.33. The summed E-state index contributed by atoms with van der Waals surface area (Å²) in [6, 6.07) is 0.407. The summed E-state index contributed by atoms with van der Waals surface area (Å²) in [4.78, 5) is 0. The van der Waals surface area contributed by atoms with E-state index in [1.54, 1.807) is 0 Å². The normalized spacial score (nSPS) is 25.6. The Labute approximate surface area is 78.5 Å². The van der Waals surface area contributed by atoms with Crippen LogP contribution in [0.5, 0.6) is 0 Å². The molecule has 1 unspecified atom stereocenters. The van der Waals surface area contributed by atoms with Gasteiger partial charge in [0, 0.05) is 18.0 Å². The Hall–Kier alpha value is -0.830. The van der Waals surface area contributed by atoms with Crippen molar-refractivity contribution in [2.75, 3.05) is 7.05 Å². The minimum absolute atomic E-state index is 0.320. The largest absolute Gasteiger partial charge is 0.361 e. The molecule has 0 saturated heterocycles. The van der Waals surface area contributed by atoms with Crippen LogP contribution in [0.1, 0.15) is 37.6 Å². The van der Waals surface area contributed by atoms with Gasteiger partial charge in [0.15, 0.2) is 0 Å². The van der Waals surface area contributed by atoms with E-state index in [9.17, 15) is 0 Å². The number of hydrogen-bond acceptors (Lipinski definition) is 3. The van der Waals surface area contributed by atoms with Gasteiger partial charge in [-0.05, 0) is 18.9 Å². The molecule has 0 aliphatic heterocycles. The van der Waals surface area contributed by atoms with Crippen molar-refractivity contribution in [1.29, 1.82) is 0 Å². The molecule has 1 heterocycles. The van der Waals surface area contributed by atoms with Crippen molar-refractivity contribution in [3.8, 4) is 0 Å². The van der Waals surface area contributed by atoms with Crippen LogP contribution in [-0.2, 0) is 6.42 Å². The molecule has 0 saturated carbocycles. The highest BCUT2D eigenvalue weighted by atomic mass is 16.5. The van der Waals surface area contributed by atoms with E-state index >= 15 is 0 Å². The minimum atomic E-state index is 0.320. The molecule has 0 bridgehead atoms. The highest BCUT2D eigenvalue weighted by molar-refractivity contribution is 5.23. The summed E-state index contributed by atoms with van der Waals surface area (Å²) >= 11 is 0. The number of fused-ring (bicyclic) bond motifs is 1. The minimum Gasteiger partial charge on any atom is -0.361 e. The lowest BCUT2D eigenvalue weighted by molar-refractivity contribution is 0.230. The standard InChI is InChI=1S/C10H16N2O/c1-10(2)4-8(11-3)7-6-12-13-9(7)5-10/h6,8,11H,4-5H2,1-3H3. The fraction of sp³-hybridized carbons (Fsp3) is 0.700. The van der Waals surface area contributed by atoms with Gasteiger partial charge >= 0.3 is 0 Å². The Balaban J connectivity index is 2.36. The second-order valence-electron chi connectivity index (χ2n) is 4.59. The molecule has 1 aromatic heterocycles. The van der Waals surface area contributed by atoms with Gasteiger partial charge in [0.05, 0.1) is 6.20 Å². The average molecular weight is 180 g/mol. The van der Waals surface area contributed by atoms with Crippen molar-refractivity contribution < 1.29 is 4.52 Å². The third-order valence-corrected chi connectivity index (χ3v) is 2.80. The van der Waals surface area contributed by atoms with Crippen LogP contribution >= 0.6 is 0 Å². The zero-order chi connectivity index (χ0) is 9.47. The number of aromatic nitrogens is 1. The summed E-state index contributed by atoms with van der Waals surface area (Å²) in [5.41, 5.74) is 1.56. The molecule has 3 heteroatoms. The fourth-order valence-corrected chi connectivity index (χ4v) is 2.12. The molecule has 13 heavy (non-hydrogen) atoms. The zero-order valence-corrected chi connectivity index (χ0v) is 8.42. The van der Waals surface area contributed by atoms with Crippen molar-refractivity contribution in [3.63, 3.8) is 0 Å². The zero-order valence-electron chi connectivity index (χ0n) is 8.42. The third-order valence-electron chi connectivity index (χ3n) is 2.80. The van der Waals surface area contributed by atoms with E-state index < -0.39 is 0 Å². The molecule has 0 amide bonds. The number of nitrogens with one attached hydrogen (secondary N) is 1. The van der Waals surface area contributed by atoms with Gasteiger partial charge in [-0.2, -0.15) is 0 Å². The Bertz CT molecular complexity index is 304. The molecule has 0 spiro atoms. The summed E-state index contributed by atoms with van der Waals surface area (Å²) in [7, 11) is 1.99. The topological polar surface area (TPSA) is 38.1 Å². The molecule has 0 aromatic carbocycles. The summed E-state index contributed by atoms with van der Waals surface area (Å²) in [6.07, 6.45) is 3.99. The van der Waals surface area contributed by atoms with Crippen LogP contribution in [0.4, 0.5) is 0 Å². The van der Waals surface area contributed by atoms with E-state index in [1.165, 1.54) is 5.56 Å². The summed E-state index contributed by atoms with van der Waals surface area (Å²) in [5.74, 6) is 1.05. The average Bonchev–Trinajstić information content (AvgIpc) is 2.48. The lowest BCUT2D eigenvalue weighted by atomic mass is 9.75. The maximum atomic E-state index is 5.23. The second kappa shape index (κ2) is 2.84. The van der Waals surface area contributed by atoms with Crippen molar-refractivity contribution in [2.24, 2.45) is 5.41 Å². The van der Waals surface area contributed by atoms with Gasteiger partial charge in [0.2, 0.25) is 0 Å². The van der Waals surface area contributed by atoms with E-state index in [1.807, 2.05) is 13.2 Å². The van der Waals surface area contributed by atoms with Crippen LogP contribution < -0.4 is 5.32 Å². The van der Waals surface area contributed by atoms with E-state index in [0.29, 0.717) is 11.5 Å². The molecule has 1 aliphatic rings. The molecule has 0 radical (unpaired) electrons. The molecular weight excluding hydrogens is 164 g/mol. The number of nitrogens with zero attached hydrogens (tertiary/aromatic N) is 1. The monoisotopic (exact) mass is 180 g/mol. The SMILES string of the molecule is CNC1CC(C)(C)Cc2oncc21. The van der Waals surface area contributed by atoms with Gasteiger partial charge in [0.1, 0.15) is 5.76 Å². The quantitative estimate of drug-likeness (QED) is 0.717. The highest BCUT2D eigenvalue weighted by Gasteiger charge is 2.33. The molecule has 1 aliphatic carbocycles. The Morgan fingerprint density at radius 2 is 2.38 bits per heavy atom. The van der Waals surface area contributed by atoms with Gasteiger partial charge in [-0.1, -0.05) is 19.0 Å². The van der Waals surface area contributed by atoms with Crippen LogP contribution in [0.25, 0.3) is 0 Å². The Kier molecular flexibility index (Phi) is 1.91. The van der Waals surface area contributed by atoms with Gasteiger partial charge in [-0.25, -0.2) is 0 Å². The predicted molar refractivity (Wildman–Crippen MR) is 50.4 cm³/mol. The number of rotatable bonds is 1. The lowest BCUT2D eigenvalue weighted by Crippen LogP contribution is -2.30. The highest BCUT2D eigenvalue weighted by Crippen LogP contribution is 2.40. The van der Waals surface area contributed by atoms with Crippen LogP contribution in [0, 0.1) is 5.41 Å². The Morgan fingerprint density at radius 3 is 3.08 bits per heavy atom. The summed E-state index contributed by atoms with van der Waals surface area (Å²) < 4.78 is 5.23. The summed E-state index contributed by atoms with van der Waals surface area (Å²) in [5, 5.41) is 7.15. The molecule has 0 fully saturated rings.